The predicted octanol–water partition coefficient (Wildman–Crippen LogP) is 2.12. The Labute approximate surface area is 144 Å². The van der Waals surface area contributed by atoms with Crippen LogP contribution >= 0.6 is 0 Å². The fraction of sp³-hybridized carbons (Fsp3) is 0.389. The highest BCUT2D eigenvalue weighted by Crippen LogP contribution is 2.31. The summed E-state index contributed by atoms with van der Waals surface area (Å²) in [6.07, 6.45) is 5.92. The van der Waals surface area contributed by atoms with E-state index in [0.717, 1.165) is 24.2 Å². The summed E-state index contributed by atoms with van der Waals surface area (Å²) in [6.45, 7) is 3.72. The van der Waals surface area contributed by atoms with Crippen LogP contribution < -0.4 is 5.69 Å². The van der Waals surface area contributed by atoms with Crippen LogP contribution in [0.2, 0.25) is 0 Å². The molecule has 0 amide bonds. The zero-order chi connectivity index (χ0) is 17.6. The molecule has 3 aromatic rings. The number of aryl methyl sites for hydroxylation is 3. The lowest BCUT2D eigenvalue weighted by Gasteiger charge is -2.06. The van der Waals surface area contributed by atoms with Crippen LogP contribution in [0.25, 0.3) is 11.0 Å². The highest BCUT2D eigenvalue weighted by Gasteiger charge is 2.25. The number of carboxylic acid groups (broad SMARTS) is 1. The highest BCUT2D eigenvalue weighted by atomic mass is 16.4. The molecule has 1 N–H and O–H groups in total. The lowest BCUT2D eigenvalue weighted by Crippen LogP contribution is -2.26. The Hall–Kier alpha value is -2.83. The van der Waals surface area contributed by atoms with E-state index in [2.05, 4.69) is 4.98 Å². The minimum absolute atomic E-state index is 0.0674. The monoisotopic (exact) mass is 340 g/mol. The molecule has 0 atom stereocenters. The third-order valence-corrected chi connectivity index (χ3v) is 4.89. The van der Waals surface area contributed by atoms with Crippen LogP contribution in [0.4, 0.5) is 0 Å². The van der Waals surface area contributed by atoms with Crippen molar-refractivity contribution in [3.8, 4) is 0 Å². The van der Waals surface area contributed by atoms with Crippen molar-refractivity contribution in [3.63, 3.8) is 0 Å². The van der Waals surface area contributed by atoms with Gasteiger partial charge in [0.15, 0.2) is 0 Å². The molecule has 1 aliphatic carbocycles. The summed E-state index contributed by atoms with van der Waals surface area (Å²) in [7, 11) is 0. The van der Waals surface area contributed by atoms with E-state index in [0.29, 0.717) is 31.1 Å². The van der Waals surface area contributed by atoms with Gasteiger partial charge in [-0.2, -0.15) is 0 Å². The van der Waals surface area contributed by atoms with E-state index in [9.17, 15) is 14.7 Å². The molecule has 25 heavy (non-hydrogen) atoms. The van der Waals surface area contributed by atoms with Gasteiger partial charge in [-0.15, -0.1) is 0 Å². The minimum atomic E-state index is -0.985. The topological polar surface area (TPSA) is 82.0 Å². The van der Waals surface area contributed by atoms with Crippen molar-refractivity contribution in [2.45, 2.75) is 39.4 Å². The van der Waals surface area contributed by atoms with Gasteiger partial charge in [-0.05, 0) is 43.9 Å². The molecule has 0 radical (unpaired) electrons. The number of carbonyl (C=O) groups is 1. The van der Waals surface area contributed by atoms with Gasteiger partial charge in [-0.3, -0.25) is 9.13 Å². The van der Waals surface area contributed by atoms with Gasteiger partial charge in [-0.1, -0.05) is 0 Å². The Morgan fingerprint density at radius 3 is 2.68 bits per heavy atom. The van der Waals surface area contributed by atoms with E-state index in [4.69, 9.17) is 0 Å². The van der Waals surface area contributed by atoms with E-state index in [1.54, 1.807) is 33.5 Å². The second-order valence-electron chi connectivity index (χ2n) is 6.66. The SMILES string of the molecule is Cc1nccn1CCn1c(=O)n(CC2CC2)c2ccc(C(=O)O)cc21. The van der Waals surface area contributed by atoms with E-state index in [1.165, 1.54) is 0 Å². The molecule has 7 heteroatoms. The number of hydrogen-bond acceptors (Lipinski definition) is 3. The molecule has 1 aliphatic rings. The minimum Gasteiger partial charge on any atom is -0.478 e. The first kappa shape index (κ1) is 15.7. The van der Waals surface area contributed by atoms with E-state index in [-0.39, 0.29) is 11.3 Å². The summed E-state index contributed by atoms with van der Waals surface area (Å²) in [5, 5.41) is 9.28. The van der Waals surface area contributed by atoms with Crippen LogP contribution in [-0.2, 0) is 19.6 Å². The highest BCUT2D eigenvalue weighted by molar-refractivity contribution is 5.92. The van der Waals surface area contributed by atoms with Crippen LogP contribution in [0.15, 0.2) is 35.4 Å². The van der Waals surface area contributed by atoms with Gasteiger partial charge in [0.25, 0.3) is 0 Å². The van der Waals surface area contributed by atoms with Gasteiger partial charge in [-0.25, -0.2) is 14.6 Å². The van der Waals surface area contributed by atoms with E-state index in [1.807, 2.05) is 17.7 Å². The van der Waals surface area contributed by atoms with Crippen LogP contribution in [0, 0.1) is 12.8 Å². The average molecular weight is 340 g/mol. The summed E-state index contributed by atoms with van der Waals surface area (Å²) >= 11 is 0. The molecular formula is C18H20N4O3. The summed E-state index contributed by atoms with van der Waals surface area (Å²) in [6, 6.07) is 4.92. The normalized spacial score (nSPS) is 14.3. The molecule has 0 bridgehead atoms. The van der Waals surface area contributed by atoms with Gasteiger partial charge >= 0.3 is 11.7 Å². The molecule has 130 valence electrons. The van der Waals surface area contributed by atoms with Crippen LogP contribution in [0.1, 0.15) is 29.0 Å². The first-order valence-corrected chi connectivity index (χ1v) is 8.48. The molecule has 2 aromatic heterocycles. The number of aromatic nitrogens is 4. The van der Waals surface area contributed by atoms with Crippen molar-refractivity contribution >= 4 is 17.0 Å². The first-order chi connectivity index (χ1) is 12.0. The zero-order valence-corrected chi connectivity index (χ0v) is 14.1. The Kier molecular flexibility index (Phi) is 3.71. The fourth-order valence-electron chi connectivity index (χ4n) is 3.25. The van der Waals surface area contributed by atoms with Crippen molar-refractivity contribution in [1.29, 1.82) is 0 Å². The molecular weight excluding hydrogens is 320 g/mol. The van der Waals surface area contributed by atoms with Crippen molar-refractivity contribution in [2.24, 2.45) is 5.92 Å². The lowest BCUT2D eigenvalue weighted by molar-refractivity contribution is 0.0697. The predicted molar refractivity (Wildman–Crippen MR) is 92.8 cm³/mol. The third kappa shape index (κ3) is 2.86. The van der Waals surface area contributed by atoms with Gasteiger partial charge < -0.3 is 9.67 Å². The number of hydrogen-bond donors (Lipinski definition) is 1. The third-order valence-electron chi connectivity index (χ3n) is 4.89. The number of nitrogens with zero attached hydrogens (tertiary/aromatic N) is 4. The maximum Gasteiger partial charge on any atom is 0.335 e. The zero-order valence-electron chi connectivity index (χ0n) is 14.1. The molecule has 0 unspecified atom stereocenters. The number of aromatic carboxylic acids is 1. The van der Waals surface area contributed by atoms with Gasteiger partial charge in [0, 0.05) is 32.0 Å². The van der Waals surface area contributed by atoms with E-state index < -0.39 is 5.97 Å². The first-order valence-electron chi connectivity index (χ1n) is 8.48. The van der Waals surface area contributed by atoms with Crippen molar-refractivity contribution < 1.29 is 9.90 Å². The number of fused-ring (bicyclic) bond motifs is 1. The summed E-state index contributed by atoms with van der Waals surface area (Å²) in [5.41, 5.74) is 1.62. The quantitative estimate of drug-likeness (QED) is 0.745. The Bertz CT molecular complexity index is 1010. The maximum absolute atomic E-state index is 12.9. The Morgan fingerprint density at radius 2 is 2.04 bits per heavy atom. The van der Waals surface area contributed by atoms with Gasteiger partial charge in [0.05, 0.1) is 16.6 Å². The van der Waals surface area contributed by atoms with Crippen LogP contribution in [0.5, 0.6) is 0 Å². The van der Waals surface area contributed by atoms with Crippen LogP contribution in [-0.4, -0.2) is 29.8 Å². The lowest BCUT2D eigenvalue weighted by atomic mass is 10.2. The molecule has 0 saturated heterocycles. The van der Waals surface area contributed by atoms with Gasteiger partial charge in [0.1, 0.15) is 5.82 Å². The Morgan fingerprint density at radius 1 is 1.24 bits per heavy atom. The molecule has 7 nitrogen and oxygen atoms in total. The summed E-state index contributed by atoms with van der Waals surface area (Å²) in [4.78, 5) is 28.4. The molecule has 1 saturated carbocycles. The molecule has 0 spiro atoms. The summed E-state index contributed by atoms with van der Waals surface area (Å²) in [5.74, 6) is 0.467. The number of rotatable bonds is 6. The number of carboxylic acids is 1. The number of imidazole rings is 2. The standard InChI is InChI=1S/C18H20N4O3/c1-12-19-6-7-20(12)8-9-21-16-10-14(17(23)24)4-5-15(16)22(18(21)25)11-13-2-3-13/h4-7,10,13H,2-3,8-9,11H2,1H3,(H,23,24). The number of benzene rings is 1. The molecule has 0 aliphatic heterocycles. The molecule has 4 rings (SSSR count). The smallest absolute Gasteiger partial charge is 0.335 e. The molecule has 2 heterocycles. The van der Waals surface area contributed by atoms with E-state index >= 15 is 0 Å². The largest absolute Gasteiger partial charge is 0.478 e. The molecule has 1 aromatic carbocycles. The second kappa shape index (κ2) is 5.91. The second-order valence-corrected chi connectivity index (χ2v) is 6.66. The summed E-state index contributed by atoms with van der Waals surface area (Å²) < 4.78 is 5.46. The maximum atomic E-state index is 12.9. The fourth-order valence-corrected chi connectivity index (χ4v) is 3.25. The average Bonchev–Trinajstić information content (AvgIpc) is 3.27. The Balaban J connectivity index is 1.78. The van der Waals surface area contributed by atoms with Crippen LogP contribution in [0.3, 0.4) is 0 Å². The van der Waals surface area contributed by atoms with Crippen molar-refractivity contribution in [3.05, 3.63) is 52.5 Å². The van der Waals surface area contributed by atoms with Gasteiger partial charge in [0.2, 0.25) is 0 Å². The molecule has 1 fully saturated rings. The van der Waals surface area contributed by atoms with Crippen molar-refractivity contribution in [1.82, 2.24) is 18.7 Å². The van der Waals surface area contributed by atoms with Crippen molar-refractivity contribution in [2.75, 3.05) is 0 Å².